The molecule has 1 atom stereocenters. The second-order valence-corrected chi connectivity index (χ2v) is 6.67. The van der Waals surface area contributed by atoms with Gasteiger partial charge in [0.2, 0.25) is 5.91 Å². The van der Waals surface area contributed by atoms with Gasteiger partial charge in [-0.3, -0.25) is 9.48 Å². The number of carboxylic acid groups (broad SMARTS) is 1. The number of aryl methyl sites for hydroxylation is 1. The molecule has 0 spiro atoms. The average molecular weight is 327 g/mol. The van der Waals surface area contributed by atoms with Crippen molar-refractivity contribution in [1.29, 1.82) is 0 Å². The summed E-state index contributed by atoms with van der Waals surface area (Å²) in [5, 5.41) is 16.2. The second-order valence-electron chi connectivity index (χ2n) is 6.67. The SMILES string of the molecule is CC(C)(C(=O)O)n1cc(NC(=O)C2CCCc3ccccc32)cn1. The zero-order valence-electron chi connectivity index (χ0n) is 13.8. The van der Waals surface area contributed by atoms with Gasteiger partial charge < -0.3 is 10.4 Å². The van der Waals surface area contributed by atoms with Crippen LogP contribution in [0.15, 0.2) is 36.7 Å². The molecular weight excluding hydrogens is 306 g/mol. The number of carbonyl (C=O) groups is 2. The topological polar surface area (TPSA) is 84.2 Å². The molecule has 0 fully saturated rings. The average Bonchev–Trinajstić information content (AvgIpc) is 3.03. The zero-order chi connectivity index (χ0) is 17.3. The third-order valence-electron chi connectivity index (χ3n) is 4.63. The van der Waals surface area contributed by atoms with Crippen molar-refractivity contribution < 1.29 is 14.7 Å². The van der Waals surface area contributed by atoms with Gasteiger partial charge in [0.1, 0.15) is 0 Å². The summed E-state index contributed by atoms with van der Waals surface area (Å²) < 4.78 is 1.35. The first-order valence-corrected chi connectivity index (χ1v) is 8.07. The molecule has 3 rings (SSSR count). The van der Waals surface area contributed by atoms with Crippen molar-refractivity contribution in [2.45, 2.75) is 44.6 Å². The van der Waals surface area contributed by atoms with Crippen molar-refractivity contribution in [1.82, 2.24) is 9.78 Å². The molecule has 0 aliphatic heterocycles. The molecule has 1 unspecified atom stereocenters. The van der Waals surface area contributed by atoms with Crippen molar-refractivity contribution in [2.24, 2.45) is 0 Å². The van der Waals surface area contributed by atoms with Crippen LogP contribution in [0.3, 0.4) is 0 Å². The Bertz CT molecular complexity index is 779. The monoisotopic (exact) mass is 327 g/mol. The highest BCUT2D eigenvalue weighted by atomic mass is 16.4. The van der Waals surface area contributed by atoms with Crippen LogP contribution in [-0.4, -0.2) is 26.8 Å². The van der Waals surface area contributed by atoms with Gasteiger partial charge >= 0.3 is 5.97 Å². The highest BCUT2D eigenvalue weighted by Gasteiger charge is 2.31. The third kappa shape index (κ3) is 2.91. The number of benzene rings is 1. The summed E-state index contributed by atoms with van der Waals surface area (Å²) in [6.45, 7) is 3.12. The number of anilines is 1. The summed E-state index contributed by atoms with van der Waals surface area (Å²) in [4.78, 5) is 23.9. The highest BCUT2D eigenvalue weighted by molar-refractivity contribution is 5.96. The number of hydrogen-bond donors (Lipinski definition) is 2. The van der Waals surface area contributed by atoms with Crippen LogP contribution in [0.25, 0.3) is 0 Å². The Morgan fingerprint density at radius 3 is 2.83 bits per heavy atom. The van der Waals surface area contributed by atoms with Crippen LogP contribution in [-0.2, 0) is 21.5 Å². The molecular formula is C18H21N3O3. The number of carbonyl (C=O) groups excluding carboxylic acids is 1. The summed E-state index contributed by atoms with van der Waals surface area (Å²) in [6.07, 6.45) is 5.85. The number of nitrogens with zero attached hydrogens (tertiary/aromatic N) is 2. The Morgan fingerprint density at radius 2 is 2.08 bits per heavy atom. The van der Waals surface area contributed by atoms with E-state index in [2.05, 4.69) is 16.5 Å². The number of aromatic nitrogens is 2. The first-order chi connectivity index (χ1) is 11.4. The second kappa shape index (κ2) is 6.11. The Kier molecular flexibility index (Phi) is 4.13. The number of rotatable bonds is 4. The number of fused-ring (bicyclic) bond motifs is 1. The Balaban J connectivity index is 1.77. The predicted octanol–water partition coefficient (Wildman–Crippen LogP) is 2.76. The zero-order valence-corrected chi connectivity index (χ0v) is 13.8. The minimum absolute atomic E-state index is 0.0742. The van der Waals surface area contributed by atoms with E-state index in [0.717, 1.165) is 24.8 Å². The Hall–Kier alpha value is -2.63. The van der Waals surface area contributed by atoms with E-state index >= 15 is 0 Å². The molecule has 6 nitrogen and oxygen atoms in total. The molecule has 0 saturated carbocycles. The van der Waals surface area contributed by atoms with Gasteiger partial charge in [0.25, 0.3) is 0 Å². The van der Waals surface area contributed by atoms with Crippen molar-refractivity contribution in [3.8, 4) is 0 Å². The summed E-state index contributed by atoms with van der Waals surface area (Å²) in [7, 11) is 0. The molecule has 126 valence electrons. The van der Waals surface area contributed by atoms with Crippen LogP contribution in [0.5, 0.6) is 0 Å². The van der Waals surface area contributed by atoms with Crippen LogP contribution >= 0.6 is 0 Å². The first-order valence-electron chi connectivity index (χ1n) is 8.07. The van der Waals surface area contributed by atoms with Gasteiger partial charge in [0, 0.05) is 6.20 Å². The van der Waals surface area contributed by atoms with Gasteiger partial charge in [0.15, 0.2) is 5.54 Å². The van der Waals surface area contributed by atoms with Gasteiger partial charge in [-0.25, -0.2) is 4.79 Å². The van der Waals surface area contributed by atoms with Crippen molar-refractivity contribution in [3.63, 3.8) is 0 Å². The minimum atomic E-state index is -1.17. The molecule has 6 heteroatoms. The fraction of sp³-hybridized carbons (Fsp3) is 0.389. The van der Waals surface area contributed by atoms with Crippen molar-refractivity contribution >= 4 is 17.6 Å². The van der Waals surface area contributed by atoms with Crippen LogP contribution < -0.4 is 5.32 Å². The minimum Gasteiger partial charge on any atom is -0.479 e. The lowest BCUT2D eigenvalue weighted by Crippen LogP contribution is -2.36. The normalized spacial score (nSPS) is 17.2. The van der Waals surface area contributed by atoms with Crippen LogP contribution in [0.1, 0.15) is 43.7 Å². The fourth-order valence-corrected chi connectivity index (χ4v) is 3.05. The maximum atomic E-state index is 12.7. The van der Waals surface area contributed by atoms with Gasteiger partial charge in [0.05, 0.1) is 17.8 Å². The van der Waals surface area contributed by atoms with Crippen LogP contribution in [0.2, 0.25) is 0 Å². The lowest BCUT2D eigenvalue weighted by molar-refractivity contribution is -0.146. The van der Waals surface area contributed by atoms with E-state index in [1.165, 1.54) is 16.4 Å². The van der Waals surface area contributed by atoms with Gasteiger partial charge in [-0.05, 0) is 44.2 Å². The molecule has 0 saturated heterocycles. The molecule has 24 heavy (non-hydrogen) atoms. The van der Waals surface area contributed by atoms with E-state index < -0.39 is 11.5 Å². The number of aliphatic carboxylic acids is 1. The van der Waals surface area contributed by atoms with Crippen molar-refractivity contribution in [3.05, 3.63) is 47.8 Å². The van der Waals surface area contributed by atoms with Crippen LogP contribution in [0.4, 0.5) is 5.69 Å². The standard InChI is InChI=1S/C18H21N3O3/c1-18(2,17(23)24)21-11-13(10-19-21)20-16(22)15-9-5-7-12-6-3-4-8-14(12)15/h3-4,6,8,10-11,15H,5,7,9H2,1-2H3,(H,20,22)(H,23,24). The maximum Gasteiger partial charge on any atom is 0.331 e. The number of carboxylic acids is 1. The number of nitrogens with one attached hydrogen (secondary N) is 1. The maximum absolute atomic E-state index is 12.7. The van der Waals surface area contributed by atoms with Crippen LogP contribution in [0, 0.1) is 0 Å². The van der Waals surface area contributed by atoms with E-state index in [-0.39, 0.29) is 11.8 Å². The van der Waals surface area contributed by atoms with Gasteiger partial charge in [-0.2, -0.15) is 5.10 Å². The van der Waals surface area contributed by atoms with E-state index in [4.69, 9.17) is 0 Å². The summed E-state index contributed by atoms with van der Waals surface area (Å²) in [5.41, 5.74) is 1.66. The number of hydrogen-bond acceptors (Lipinski definition) is 3. The molecule has 2 aromatic rings. The predicted molar refractivity (Wildman–Crippen MR) is 89.9 cm³/mol. The molecule has 1 aromatic heterocycles. The third-order valence-corrected chi connectivity index (χ3v) is 4.63. The molecule has 1 aliphatic carbocycles. The Morgan fingerprint density at radius 1 is 1.33 bits per heavy atom. The molecule has 2 N–H and O–H groups in total. The van der Waals surface area contributed by atoms with Gasteiger partial charge in [-0.1, -0.05) is 24.3 Å². The fourth-order valence-electron chi connectivity index (χ4n) is 3.05. The number of amides is 1. The van der Waals surface area contributed by atoms with E-state index in [1.54, 1.807) is 20.0 Å². The molecule has 1 heterocycles. The molecule has 1 aromatic carbocycles. The lowest BCUT2D eigenvalue weighted by atomic mass is 9.82. The van der Waals surface area contributed by atoms with Crippen molar-refractivity contribution in [2.75, 3.05) is 5.32 Å². The molecule has 0 bridgehead atoms. The smallest absolute Gasteiger partial charge is 0.331 e. The molecule has 1 aliphatic rings. The largest absolute Gasteiger partial charge is 0.479 e. The van der Waals surface area contributed by atoms with E-state index in [0.29, 0.717) is 5.69 Å². The highest BCUT2D eigenvalue weighted by Crippen LogP contribution is 2.32. The Labute approximate surface area is 140 Å². The summed E-state index contributed by atoms with van der Waals surface area (Å²) in [5.74, 6) is -1.23. The van der Waals surface area contributed by atoms with Gasteiger partial charge in [-0.15, -0.1) is 0 Å². The molecule has 1 amide bonds. The molecule has 0 radical (unpaired) electrons. The summed E-state index contributed by atoms with van der Waals surface area (Å²) in [6, 6.07) is 8.03. The van der Waals surface area contributed by atoms with E-state index in [1.807, 2.05) is 18.2 Å². The quantitative estimate of drug-likeness (QED) is 0.904. The lowest BCUT2D eigenvalue weighted by Gasteiger charge is -2.24. The first kappa shape index (κ1) is 16.2. The van der Waals surface area contributed by atoms with E-state index in [9.17, 15) is 14.7 Å². The summed E-state index contributed by atoms with van der Waals surface area (Å²) >= 11 is 0.